The lowest BCUT2D eigenvalue weighted by Crippen LogP contribution is -2.42. The van der Waals surface area contributed by atoms with Crippen LogP contribution in [0.1, 0.15) is 35.6 Å². The van der Waals surface area contributed by atoms with Crippen LogP contribution in [0, 0.1) is 5.92 Å². The summed E-state index contributed by atoms with van der Waals surface area (Å²) in [5.41, 5.74) is 3.94. The molecular weight excluding hydrogens is 527 g/mol. The van der Waals surface area contributed by atoms with E-state index in [9.17, 15) is 0 Å². The van der Waals surface area contributed by atoms with Crippen LogP contribution in [0.3, 0.4) is 0 Å². The molecule has 0 radical (unpaired) electrons. The van der Waals surface area contributed by atoms with Gasteiger partial charge in [0.05, 0.1) is 19.3 Å². The number of hydrogen-bond acceptors (Lipinski definition) is 4. The number of hydrogen-bond donors (Lipinski definition) is 2. The third-order valence-electron chi connectivity index (χ3n) is 6.39. The molecule has 2 atom stereocenters. The van der Waals surface area contributed by atoms with E-state index in [4.69, 9.17) is 9.47 Å². The summed E-state index contributed by atoms with van der Waals surface area (Å²) in [6, 6.07) is 19.2. The molecule has 2 aliphatic rings. The molecule has 2 aromatic rings. The highest BCUT2D eigenvalue weighted by Gasteiger charge is 2.27. The minimum atomic E-state index is 0. The minimum Gasteiger partial charge on any atom is -0.379 e. The van der Waals surface area contributed by atoms with Crippen LogP contribution < -0.4 is 10.6 Å². The van der Waals surface area contributed by atoms with Crippen LogP contribution >= 0.6 is 24.0 Å². The zero-order chi connectivity index (χ0) is 22.0. The number of aliphatic imine (C=N–C) groups is 1. The Morgan fingerprint density at radius 1 is 0.970 bits per heavy atom. The average molecular weight is 565 g/mol. The van der Waals surface area contributed by atoms with Crippen LogP contribution in [-0.2, 0) is 22.6 Å². The van der Waals surface area contributed by atoms with Gasteiger partial charge in [-0.1, -0.05) is 54.6 Å². The molecule has 2 N–H and O–H groups in total. The zero-order valence-corrected chi connectivity index (χ0v) is 21.9. The quantitative estimate of drug-likeness (QED) is 0.303. The molecule has 7 heteroatoms. The number of morpholine rings is 1. The lowest BCUT2D eigenvalue weighted by Gasteiger charge is -2.32. The SMILES string of the molecule is CN=C(NCc1ccccc1CN1CCOCC1)NCC1CCCOC1c1ccccc1.I. The lowest BCUT2D eigenvalue weighted by molar-refractivity contribution is -0.0265. The van der Waals surface area contributed by atoms with Crippen molar-refractivity contribution in [2.24, 2.45) is 10.9 Å². The van der Waals surface area contributed by atoms with Gasteiger partial charge in [-0.3, -0.25) is 9.89 Å². The van der Waals surface area contributed by atoms with E-state index in [0.717, 1.165) is 71.3 Å². The van der Waals surface area contributed by atoms with Gasteiger partial charge in [-0.2, -0.15) is 0 Å². The van der Waals surface area contributed by atoms with E-state index in [1.54, 1.807) is 0 Å². The first-order valence-electron chi connectivity index (χ1n) is 11.8. The molecule has 0 bridgehead atoms. The molecule has 2 aromatic carbocycles. The number of rotatable bonds is 7. The molecule has 0 amide bonds. The highest BCUT2D eigenvalue weighted by molar-refractivity contribution is 14.0. The summed E-state index contributed by atoms with van der Waals surface area (Å²) in [7, 11) is 1.83. The topological polar surface area (TPSA) is 58.1 Å². The fourth-order valence-electron chi connectivity index (χ4n) is 4.58. The van der Waals surface area contributed by atoms with E-state index in [1.807, 2.05) is 7.05 Å². The molecule has 0 aromatic heterocycles. The fourth-order valence-corrected chi connectivity index (χ4v) is 4.58. The molecule has 180 valence electrons. The third kappa shape index (κ3) is 7.67. The van der Waals surface area contributed by atoms with Crippen molar-refractivity contribution >= 4 is 29.9 Å². The van der Waals surface area contributed by atoms with Gasteiger partial charge in [0, 0.05) is 52.3 Å². The maximum absolute atomic E-state index is 6.15. The molecule has 33 heavy (non-hydrogen) atoms. The van der Waals surface area contributed by atoms with Gasteiger partial charge in [0.2, 0.25) is 0 Å². The maximum Gasteiger partial charge on any atom is 0.191 e. The van der Waals surface area contributed by atoms with E-state index in [2.05, 4.69) is 75.1 Å². The number of halogens is 1. The van der Waals surface area contributed by atoms with E-state index in [1.165, 1.54) is 16.7 Å². The van der Waals surface area contributed by atoms with Gasteiger partial charge in [-0.15, -0.1) is 24.0 Å². The Bertz CT molecular complexity index is 858. The van der Waals surface area contributed by atoms with Crippen molar-refractivity contribution in [3.05, 3.63) is 71.3 Å². The van der Waals surface area contributed by atoms with Crippen molar-refractivity contribution in [2.75, 3.05) is 46.5 Å². The second-order valence-electron chi connectivity index (χ2n) is 8.57. The maximum atomic E-state index is 6.15. The molecule has 2 fully saturated rings. The van der Waals surface area contributed by atoms with Crippen LogP contribution in [0.2, 0.25) is 0 Å². The smallest absolute Gasteiger partial charge is 0.191 e. The van der Waals surface area contributed by atoms with Crippen LogP contribution in [0.4, 0.5) is 0 Å². The van der Waals surface area contributed by atoms with Crippen molar-refractivity contribution in [1.82, 2.24) is 15.5 Å². The van der Waals surface area contributed by atoms with Crippen LogP contribution in [0.15, 0.2) is 59.6 Å². The summed E-state index contributed by atoms with van der Waals surface area (Å²) in [5, 5.41) is 7.05. The van der Waals surface area contributed by atoms with Crippen LogP contribution in [0.5, 0.6) is 0 Å². The predicted molar refractivity (Wildman–Crippen MR) is 144 cm³/mol. The van der Waals surface area contributed by atoms with Crippen molar-refractivity contribution in [3.63, 3.8) is 0 Å². The van der Waals surface area contributed by atoms with Crippen molar-refractivity contribution in [1.29, 1.82) is 0 Å². The Kier molecular flexibility index (Phi) is 10.9. The highest BCUT2D eigenvalue weighted by atomic mass is 127. The molecule has 2 unspecified atom stereocenters. The first-order valence-corrected chi connectivity index (χ1v) is 11.8. The Balaban J connectivity index is 0.00000306. The summed E-state index contributed by atoms with van der Waals surface area (Å²) in [6.07, 6.45) is 2.41. The lowest BCUT2D eigenvalue weighted by atomic mass is 9.89. The first-order chi connectivity index (χ1) is 15.8. The normalized spacial score (nSPS) is 21.8. The average Bonchev–Trinajstić information content (AvgIpc) is 2.86. The Labute approximate surface area is 215 Å². The third-order valence-corrected chi connectivity index (χ3v) is 6.39. The van der Waals surface area contributed by atoms with E-state index >= 15 is 0 Å². The summed E-state index contributed by atoms with van der Waals surface area (Å²) >= 11 is 0. The number of nitrogens with one attached hydrogen (secondary N) is 2. The number of benzene rings is 2. The van der Waals surface area contributed by atoms with Crippen LogP contribution in [0.25, 0.3) is 0 Å². The van der Waals surface area contributed by atoms with Crippen molar-refractivity contribution in [3.8, 4) is 0 Å². The Hall–Kier alpha value is -1.68. The minimum absolute atomic E-state index is 0. The molecule has 6 nitrogen and oxygen atoms in total. The van der Waals surface area contributed by atoms with Crippen molar-refractivity contribution < 1.29 is 9.47 Å². The molecule has 2 heterocycles. The molecule has 0 spiro atoms. The van der Waals surface area contributed by atoms with E-state index in [-0.39, 0.29) is 30.1 Å². The molecule has 2 aliphatic heterocycles. The summed E-state index contributed by atoms with van der Waals surface area (Å²) < 4.78 is 11.6. The Morgan fingerprint density at radius 2 is 1.70 bits per heavy atom. The van der Waals surface area contributed by atoms with Gasteiger partial charge in [0.25, 0.3) is 0 Å². The van der Waals surface area contributed by atoms with E-state index < -0.39 is 0 Å². The second-order valence-corrected chi connectivity index (χ2v) is 8.57. The molecule has 0 aliphatic carbocycles. The molecule has 2 saturated heterocycles. The fraction of sp³-hybridized carbons (Fsp3) is 0.500. The highest BCUT2D eigenvalue weighted by Crippen LogP contribution is 2.33. The Morgan fingerprint density at radius 3 is 2.45 bits per heavy atom. The predicted octanol–water partition coefficient (Wildman–Crippen LogP) is 3.97. The monoisotopic (exact) mass is 564 g/mol. The second kappa shape index (κ2) is 13.9. The van der Waals surface area contributed by atoms with E-state index in [0.29, 0.717) is 5.92 Å². The molecule has 0 saturated carbocycles. The standard InChI is InChI=1S/C26H36N4O2.HI/c1-27-26(29-19-23-12-7-15-32-25(23)21-8-3-2-4-9-21)28-18-22-10-5-6-11-24(22)20-30-13-16-31-17-14-30;/h2-6,8-11,23,25H,7,12-20H2,1H3,(H2,27,28,29);1H. The van der Waals surface area contributed by atoms with Gasteiger partial charge < -0.3 is 20.1 Å². The molecular formula is C26H37IN4O2. The van der Waals surface area contributed by atoms with Gasteiger partial charge >= 0.3 is 0 Å². The zero-order valence-electron chi connectivity index (χ0n) is 19.5. The van der Waals surface area contributed by atoms with Crippen molar-refractivity contribution in [2.45, 2.75) is 32.0 Å². The number of guanidine groups is 1. The summed E-state index contributed by atoms with van der Waals surface area (Å²) in [5.74, 6) is 1.27. The van der Waals surface area contributed by atoms with Gasteiger partial charge in [0.15, 0.2) is 5.96 Å². The van der Waals surface area contributed by atoms with Crippen LogP contribution in [-0.4, -0.2) is 57.4 Å². The van der Waals surface area contributed by atoms with Gasteiger partial charge in [0.1, 0.15) is 0 Å². The summed E-state index contributed by atoms with van der Waals surface area (Å²) in [6.45, 7) is 7.04. The number of ether oxygens (including phenoxy) is 2. The van der Waals surface area contributed by atoms with Gasteiger partial charge in [-0.05, 0) is 29.5 Å². The first kappa shape index (κ1) is 25.9. The van der Waals surface area contributed by atoms with Gasteiger partial charge in [-0.25, -0.2) is 0 Å². The summed E-state index contributed by atoms with van der Waals surface area (Å²) in [4.78, 5) is 6.92. The number of nitrogens with zero attached hydrogens (tertiary/aromatic N) is 2. The largest absolute Gasteiger partial charge is 0.379 e. The molecule has 4 rings (SSSR count).